The molecular weight excluding hydrogens is 418 g/mol. The standard InChI is InChI=1S/C25H17N5O3/c31-19-10-6-7-16(13-19)23-26-14-17(15-27-23)28-24(32)22-20-11-4-5-12-21(20)25(33)30(29-22)18-8-2-1-3-9-18/h1-15,31H,(H,28,32). The maximum absolute atomic E-state index is 13.1. The number of carbonyl (C=O) groups excluding carboxylic acids is 1. The van der Waals surface area contributed by atoms with Gasteiger partial charge in [-0.25, -0.2) is 9.97 Å². The lowest BCUT2D eigenvalue weighted by Gasteiger charge is -2.11. The molecule has 0 fully saturated rings. The molecule has 0 atom stereocenters. The van der Waals surface area contributed by atoms with Crippen LogP contribution in [0.4, 0.5) is 5.69 Å². The summed E-state index contributed by atoms with van der Waals surface area (Å²) in [4.78, 5) is 34.7. The topological polar surface area (TPSA) is 110 Å². The van der Waals surface area contributed by atoms with Gasteiger partial charge in [0.05, 0.1) is 29.2 Å². The number of nitrogens with zero attached hydrogens (tertiary/aromatic N) is 4. The maximum Gasteiger partial charge on any atom is 0.279 e. The molecule has 8 nitrogen and oxygen atoms in total. The number of nitrogens with one attached hydrogen (secondary N) is 1. The first-order chi connectivity index (χ1) is 16.1. The second-order valence-corrected chi connectivity index (χ2v) is 7.25. The molecule has 1 amide bonds. The summed E-state index contributed by atoms with van der Waals surface area (Å²) < 4.78 is 1.22. The van der Waals surface area contributed by atoms with E-state index in [9.17, 15) is 14.7 Å². The zero-order valence-corrected chi connectivity index (χ0v) is 17.2. The van der Waals surface area contributed by atoms with Crippen LogP contribution in [0.2, 0.25) is 0 Å². The van der Waals surface area contributed by atoms with E-state index in [4.69, 9.17) is 0 Å². The van der Waals surface area contributed by atoms with Crippen molar-refractivity contribution in [1.29, 1.82) is 0 Å². The summed E-state index contributed by atoms with van der Waals surface area (Å²) in [5, 5.41) is 17.6. The highest BCUT2D eigenvalue weighted by molar-refractivity contribution is 6.11. The van der Waals surface area contributed by atoms with Crippen molar-refractivity contribution in [3.63, 3.8) is 0 Å². The fourth-order valence-electron chi connectivity index (χ4n) is 3.48. The molecule has 0 aliphatic rings. The van der Waals surface area contributed by atoms with Crippen molar-refractivity contribution >= 4 is 22.4 Å². The summed E-state index contributed by atoms with van der Waals surface area (Å²) >= 11 is 0. The minimum atomic E-state index is -0.496. The highest BCUT2D eigenvalue weighted by Crippen LogP contribution is 2.21. The fraction of sp³-hybridized carbons (Fsp3) is 0. The Morgan fingerprint density at radius 3 is 2.27 bits per heavy atom. The van der Waals surface area contributed by atoms with Crippen LogP contribution in [-0.4, -0.2) is 30.8 Å². The first-order valence-corrected chi connectivity index (χ1v) is 10.1. The lowest BCUT2D eigenvalue weighted by Crippen LogP contribution is -2.26. The van der Waals surface area contributed by atoms with Crippen LogP contribution in [-0.2, 0) is 0 Å². The summed E-state index contributed by atoms with van der Waals surface area (Å²) in [6.45, 7) is 0. The molecule has 0 aliphatic heterocycles. The van der Waals surface area contributed by atoms with E-state index in [2.05, 4.69) is 20.4 Å². The Balaban J connectivity index is 1.51. The molecular formula is C25H17N5O3. The smallest absolute Gasteiger partial charge is 0.279 e. The highest BCUT2D eigenvalue weighted by Gasteiger charge is 2.18. The second kappa shape index (κ2) is 8.35. The van der Waals surface area contributed by atoms with Crippen LogP contribution in [0.15, 0.2) is 96.1 Å². The van der Waals surface area contributed by atoms with Crippen molar-refractivity contribution in [2.45, 2.75) is 0 Å². The molecule has 5 aromatic rings. The van der Waals surface area contributed by atoms with E-state index in [1.807, 2.05) is 6.07 Å². The number of hydrogen-bond acceptors (Lipinski definition) is 6. The molecule has 8 heteroatoms. The van der Waals surface area contributed by atoms with Gasteiger partial charge in [0.25, 0.3) is 11.5 Å². The van der Waals surface area contributed by atoms with Crippen molar-refractivity contribution in [2.24, 2.45) is 0 Å². The molecule has 2 heterocycles. The van der Waals surface area contributed by atoms with Gasteiger partial charge in [-0.05, 0) is 30.3 Å². The van der Waals surface area contributed by atoms with Crippen molar-refractivity contribution in [3.8, 4) is 22.8 Å². The zero-order chi connectivity index (χ0) is 22.8. The van der Waals surface area contributed by atoms with Gasteiger partial charge < -0.3 is 10.4 Å². The molecule has 160 valence electrons. The van der Waals surface area contributed by atoms with E-state index in [0.717, 1.165) is 0 Å². The Labute approximate surface area is 187 Å². The predicted octanol–water partition coefficient (Wildman–Crippen LogP) is 3.80. The summed E-state index contributed by atoms with van der Waals surface area (Å²) in [5.41, 5.74) is 1.36. The predicted molar refractivity (Wildman–Crippen MR) is 124 cm³/mol. The SMILES string of the molecule is O=C(Nc1cnc(-c2cccc(O)c2)nc1)c1nn(-c2ccccc2)c(=O)c2ccccc12. The van der Waals surface area contributed by atoms with E-state index in [-0.39, 0.29) is 17.0 Å². The third-order valence-corrected chi connectivity index (χ3v) is 5.03. The van der Waals surface area contributed by atoms with E-state index in [1.165, 1.54) is 17.1 Å². The lowest BCUT2D eigenvalue weighted by atomic mass is 10.1. The molecule has 0 saturated heterocycles. The van der Waals surface area contributed by atoms with Crippen LogP contribution in [0.1, 0.15) is 10.5 Å². The highest BCUT2D eigenvalue weighted by atomic mass is 16.3. The number of fused-ring (bicyclic) bond motifs is 1. The minimum Gasteiger partial charge on any atom is -0.508 e. The first kappa shape index (κ1) is 20.1. The van der Waals surface area contributed by atoms with Gasteiger partial charge in [-0.3, -0.25) is 9.59 Å². The number of carbonyl (C=O) groups is 1. The Morgan fingerprint density at radius 2 is 1.55 bits per heavy atom. The fourth-order valence-corrected chi connectivity index (χ4v) is 3.48. The van der Waals surface area contributed by atoms with Gasteiger partial charge in [0.1, 0.15) is 5.75 Å². The number of anilines is 1. The quantitative estimate of drug-likeness (QED) is 0.444. The molecule has 5 rings (SSSR count). The van der Waals surface area contributed by atoms with E-state index in [1.54, 1.807) is 72.8 Å². The van der Waals surface area contributed by atoms with E-state index < -0.39 is 5.91 Å². The zero-order valence-electron chi connectivity index (χ0n) is 17.2. The molecule has 0 unspecified atom stereocenters. The van der Waals surface area contributed by atoms with E-state index >= 15 is 0 Å². The molecule has 0 aliphatic carbocycles. The number of benzene rings is 3. The number of para-hydroxylation sites is 1. The number of rotatable bonds is 4. The van der Waals surface area contributed by atoms with Gasteiger partial charge in [0, 0.05) is 10.9 Å². The third kappa shape index (κ3) is 3.92. The summed E-state index contributed by atoms with van der Waals surface area (Å²) in [7, 11) is 0. The van der Waals surface area contributed by atoms with Crippen LogP contribution in [0.5, 0.6) is 5.75 Å². The lowest BCUT2D eigenvalue weighted by molar-refractivity contribution is 0.102. The monoisotopic (exact) mass is 435 g/mol. The van der Waals surface area contributed by atoms with Gasteiger partial charge >= 0.3 is 0 Å². The molecule has 0 radical (unpaired) electrons. The number of aromatic hydroxyl groups is 1. The number of amides is 1. The van der Waals surface area contributed by atoms with Crippen LogP contribution in [0.3, 0.4) is 0 Å². The van der Waals surface area contributed by atoms with Crippen molar-refractivity contribution in [2.75, 3.05) is 5.32 Å². The summed E-state index contributed by atoms with van der Waals surface area (Å²) in [6, 6.07) is 22.4. The van der Waals surface area contributed by atoms with Gasteiger partial charge in [-0.2, -0.15) is 9.78 Å². The molecule has 33 heavy (non-hydrogen) atoms. The summed E-state index contributed by atoms with van der Waals surface area (Å²) in [5.74, 6) is 0.0228. The Kier molecular flexibility index (Phi) is 5.08. The second-order valence-electron chi connectivity index (χ2n) is 7.25. The van der Waals surface area contributed by atoms with Crippen molar-refractivity contribution in [3.05, 3.63) is 107 Å². The van der Waals surface area contributed by atoms with Crippen molar-refractivity contribution in [1.82, 2.24) is 19.7 Å². The Hall–Kier alpha value is -4.85. The maximum atomic E-state index is 13.1. The van der Waals surface area contributed by atoms with E-state index in [0.29, 0.717) is 33.5 Å². The molecule has 0 saturated carbocycles. The average Bonchev–Trinajstić information content (AvgIpc) is 2.85. The van der Waals surface area contributed by atoms with Gasteiger partial charge in [0.2, 0.25) is 0 Å². The average molecular weight is 435 g/mol. The Bertz CT molecular complexity index is 1530. The Morgan fingerprint density at radius 1 is 0.848 bits per heavy atom. The van der Waals surface area contributed by atoms with Crippen molar-refractivity contribution < 1.29 is 9.90 Å². The van der Waals surface area contributed by atoms with Crippen LogP contribution in [0.25, 0.3) is 27.8 Å². The van der Waals surface area contributed by atoms with Crippen LogP contribution in [0, 0.1) is 0 Å². The molecule has 0 bridgehead atoms. The van der Waals surface area contributed by atoms with Gasteiger partial charge in [0.15, 0.2) is 11.5 Å². The normalized spacial score (nSPS) is 10.8. The molecule has 2 aromatic heterocycles. The van der Waals surface area contributed by atoms with Crippen LogP contribution < -0.4 is 10.9 Å². The summed E-state index contributed by atoms with van der Waals surface area (Å²) in [6.07, 6.45) is 2.94. The largest absolute Gasteiger partial charge is 0.508 e. The molecule has 3 aromatic carbocycles. The number of phenolic OH excluding ortho intramolecular Hbond substituents is 1. The number of phenols is 1. The minimum absolute atomic E-state index is 0.103. The third-order valence-electron chi connectivity index (χ3n) is 5.03. The van der Waals surface area contributed by atoms with Gasteiger partial charge in [-0.1, -0.05) is 48.5 Å². The molecule has 2 N–H and O–H groups in total. The first-order valence-electron chi connectivity index (χ1n) is 10.1. The van der Waals surface area contributed by atoms with Gasteiger partial charge in [-0.15, -0.1) is 0 Å². The van der Waals surface area contributed by atoms with Crippen LogP contribution >= 0.6 is 0 Å². The molecule has 0 spiro atoms. The number of hydrogen-bond donors (Lipinski definition) is 2. The number of aromatic nitrogens is 4.